The average Bonchev–Trinajstić information content (AvgIpc) is 2.79. The Kier molecular flexibility index (Phi) is 3.26. The molecule has 2 aliphatic rings. The van der Waals surface area contributed by atoms with Crippen LogP contribution in [0.25, 0.3) is 0 Å². The van der Waals surface area contributed by atoms with E-state index in [0.29, 0.717) is 0 Å². The van der Waals surface area contributed by atoms with Gasteiger partial charge in [0.25, 0.3) is 0 Å². The van der Waals surface area contributed by atoms with E-state index in [1.54, 1.807) is 0 Å². The minimum atomic E-state index is -0.560. The molecule has 0 aliphatic carbocycles. The molecule has 0 aromatic carbocycles. The summed E-state index contributed by atoms with van der Waals surface area (Å²) >= 11 is 0. The second-order valence-electron chi connectivity index (χ2n) is 4.35. The predicted molar refractivity (Wildman–Crippen MR) is 55.6 cm³/mol. The third kappa shape index (κ3) is 1.88. The number of carbonyl (C=O) groups is 1. The van der Waals surface area contributed by atoms with E-state index in [4.69, 9.17) is 9.47 Å². The molecule has 2 atom stereocenters. The zero-order valence-corrected chi connectivity index (χ0v) is 9.25. The molecule has 0 saturated carbocycles. The number of methoxy groups -OCH3 is 1. The summed E-state index contributed by atoms with van der Waals surface area (Å²) in [5, 5.41) is 3.29. The van der Waals surface area contributed by atoms with Crippen molar-refractivity contribution in [1.29, 1.82) is 0 Å². The molecule has 2 unspecified atom stereocenters. The van der Waals surface area contributed by atoms with Gasteiger partial charge in [0.05, 0.1) is 13.2 Å². The maximum atomic E-state index is 11.9. The summed E-state index contributed by atoms with van der Waals surface area (Å²) in [6.45, 7) is 1.65. The molecular formula is C11H19NO3. The minimum Gasteiger partial charge on any atom is -0.468 e. The van der Waals surface area contributed by atoms with Gasteiger partial charge in [-0.25, -0.2) is 4.79 Å². The molecular weight excluding hydrogens is 194 g/mol. The lowest BCUT2D eigenvalue weighted by Crippen LogP contribution is -2.58. The summed E-state index contributed by atoms with van der Waals surface area (Å²) in [5.74, 6) is -0.160. The first kappa shape index (κ1) is 10.9. The highest BCUT2D eigenvalue weighted by Crippen LogP contribution is 2.31. The number of carbonyl (C=O) groups excluding carboxylic acids is 1. The highest BCUT2D eigenvalue weighted by Gasteiger charge is 2.49. The van der Waals surface area contributed by atoms with E-state index in [1.807, 2.05) is 0 Å². The quantitative estimate of drug-likeness (QED) is 0.691. The second kappa shape index (κ2) is 4.49. The monoisotopic (exact) mass is 213 g/mol. The maximum Gasteiger partial charge on any atom is 0.328 e. The Morgan fingerprint density at radius 2 is 2.33 bits per heavy atom. The van der Waals surface area contributed by atoms with Crippen molar-refractivity contribution in [1.82, 2.24) is 5.32 Å². The third-order valence-corrected chi connectivity index (χ3v) is 3.47. The smallest absolute Gasteiger partial charge is 0.328 e. The molecule has 0 bridgehead atoms. The molecule has 0 spiro atoms. The fourth-order valence-corrected chi connectivity index (χ4v) is 2.66. The van der Waals surface area contributed by atoms with Crippen LogP contribution in [0.3, 0.4) is 0 Å². The number of esters is 1. The highest BCUT2D eigenvalue weighted by atomic mass is 16.5. The normalized spacial score (nSPS) is 36.5. The number of nitrogens with one attached hydrogen (secondary N) is 1. The Morgan fingerprint density at radius 1 is 1.47 bits per heavy atom. The zero-order valence-electron chi connectivity index (χ0n) is 9.25. The molecule has 0 aromatic heterocycles. The van der Waals surface area contributed by atoms with Crippen molar-refractivity contribution in [2.24, 2.45) is 0 Å². The van der Waals surface area contributed by atoms with Gasteiger partial charge in [0.15, 0.2) is 0 Å². The van der Waals surface area contributed by atoms with Crippen molar-refractivity contribution in [3.63, 3.8) is 0 Å². The van der Waals surface area contributed by atoms with Crippen LogP contribution in [0.4, 0.5) is 0 Å². The molecule has 2 saturated heterocycles. The fourth-order valence-electron chi connectivity index (χ4n) is 2.66. The number of hydrogen-bond acceptors (Lipinski definition) is 4. The SMILES string of the molecule is COC(=O)C1(C2CCCCO2)CCCN1. The van der Waals surface area contributed by atoms with Crippen molar-refractivity contribution in [3.05, 3.63) is 0 Å². The van der Waals surface area contributed by atoms with Gasteiger partial charge in [-0.1, -0.05) is 0 Å². The Labute approximate surface area is 90.3 Å². The van der Waals surface area contributed by atoms with E-state index in [-0.39, 0.29) is 12.1 Å². The van der Waals surface area contributed by atoms with Crippen LogP contribution in [-0.4, -0.2) is 37.9 Å². The lowest BCUT2D eigenvalue weighted by Gasteiger charge is -2.37. The summed E-state index contributed by atoms with van der Waals surface area (Å²) in [7, 11) is 1.45. The van der Waals surface area contributed by atoms with Crippen molar-refractivity contribution in [2.75, 3.05) is 20.3 Å². The molecule has 4 nitrogen and oxygen atoms in total. The van der Waals surface area contributed by atoms with Crippen LogP contribution >= 0.6 is 0 Å². The van der Waals surface area contributed by atoms with Gasteiger partial charge in [-0.15, -0.1) is 0 Å². The molecule has 2 fully saturated rings. The molecule has 2 heterocycles. The first-order valence-electron chi connectivity index (χ1n) is 5.74. The van der Waals surface area contributed by atoms with E-state index in [9.17, 15) is 4.79 Å². The summed E-state index contributed by atoms with van der Waals surface area (Å²) < 4.78 is 10.6. The summed E-state index contributed by atoms with van der Waals surface area (Å²) in [6.07, 6.45) is 5.07. The zero-order chi connectivity index (χ0) is 10.7. The van der Waals surface area contributed by atoms with Gasteiger partial charge in [0.1, 0.15) is 5.54 Å². The Bertz CT molecular complexity index is 230. The lowest BCUT2D eigenvalue weighted by molar-refractivity contribution is -0.157. The minimum absolute atomic E-state index is 0.00111. The van der Waals surface area contributed by atoms with Crippen LogP contribution in [0.1, 0.15) is 32.1 Å². The topological polar surface area (TPSA) is 47.6 Å². The number of hydrogen-bond donors (Lipinski definition) is 1. The Morgan fingerprint density at radius 3 is 2.87 bits per heavy atom. The van der Waals surface area contributed by atoms with Crippen molar-refractivity contribution in [2.45, 2.75) is 43.7 Å². The van der Waals surface area contributed by atoms with Crippen LogP contribution in [0.5, 0.6) is 0 Å². The first-order chi connectivity index (χ1) is 7.29. The predicted octanol–water partition coefficient (Wildman–Crippen LogP) is 0.851. The van der Waals surface area contributed by atoms with E-state index >= 15 is 0 Å². The Hall–Kier alpha value is -0.610. The van der Waals surface area contributed by atoms with E-state index < -0.39 is 5.54 Å². The van der Waals surface area contributed by atoms with Crippen LogP contribution < -0.4 is 5.32 Å². The number of ether oxygens (including phenoxy) is 2. The van der Waals surface area contributed by atoms with Gasteiger partial charge in [0.2, 0.25) is 0 Å². The van der Waals surface area contributed by atoms with Crippen LogP contribution in [0.15, 0.2) is 0 Å². The molecule has 15 heavy (non-hydrogen) atoms. The molecule has 1 N–H and O–H groups in total. The van der Waals surface area contributed by atoms with E-state index in [2.05, 4.69) is 5.32 Å². The van der Waals surface area contributed by atoms with Gasteiger partial charge in [-0.3, -0.25) is 5.32 Å². The van der Waals surface area contributed by atoms with Gasteiger partial charge in [0, 0.05) is 6.61 Å². The molecule has 0 amide bonds. The van der Waals surface area contributed by atoms with Crippen LogP contribution in [-0.2, 0) is 14.3 Å². The van der Waals surface area contributed by atoms with Gasteiger partial charge in [-0.2, -0.15) is 0 Å². The lowest BCUT2D eigenvalue weighted by atomic mass is 9.86. The third-order valence-electron chi connectivity index (χ3n) is 3.47. The van der Waals surface area contributed by atoms with Crippen molar-refractivity contribution < 1.29 is 14.3 Å². The largest absolute Gasteiger partial charge is 0.468 e. The molecule has 2 rings (SSSR count). The Balaban J connectivity index is 2.13. The second-order valence-corrected chi connectivity index (χ2v) is 4.35. The fraction of sp³-hybridized carbons (Fsp3) is 0.909. The molecule has 0 radical (unpaired) electrons. The maximum absolute atomic E-state index is 11.9. The van der Waals surface area contributed by atoms with Crippen LogP contribution in [0, 0.1) is 0 Å². The molecule has 0 aromatic rings. The van der Waals surface area contributed by atoms with Crippen molar-refractivity contribution in [3.8, 4) is 0 Å². The standard InChI is InChI=1S/C11H19NO3/c1-14-10(13)11(6-4-7-12-11)9-5-2-3-8-15-9/h9,12H,2-8H2,1H3. The van der Waals surface area contributed by atoms with E-state index in [1.165, 1.54) is 7.11 Å². The molecule has 86 valence electrons. The molecule has 4 heteroatoms. The number of rotatable bonds is 2. The van der Waals surface area contributed by atoms with Gasteiger partial charge < -0.3 is 9.47 Å². The van der Waals surface area contributed by atoms with Crippen molar-refractivity contribution >= 4 is 5.97 Å². The summed E-state index contributed by atoms with van der Waals surface area (Å²) in [4.78, 5) is 11.9. The van der Waals surface area contributed by atoms with Crippen LogP contribution in [0.2, 0.25) is 0 Å². The summed E-state index contributed by atoms with van der Waals surface area (Å²) in [5.41, 5.74) is -0.560. The van der Waals surface area contributed by atoms with Gasteiger partial charge >= 0.3 is 5.97 Å². The highest BCUT2D eigenvalue weighted by molar-refractivity contribution is 5.82. The summed E-state index contributed by atoms with van der Waals surface area (Å²) in [6, 6.07) is 0. The van der Waals surface area contributed by atoms with Gasteiger partial charge in [-0.05, 0) is 38.6 Å². The average molecular weight is 213 g/mol. The first-order valence-corrected chi connectivity index (χ1v) is 5.74. The molecule has 2 aliphatic heterocycles. The van der Waals surface area contributed by atoms with E-state index in [0.717, 1.165) is 45.3 Å².